The van der Waals surface area contributed by atoms with E-state index in [1.807, 2.05) is 6.07 Å². The van der Waals surface area contributed by atoms with Gasteiger partial charge in [-0.1, -0.05) is 6.07 Å². The summed E-state index contributed by atoms with van der Waals surface area (Å²) in [7, 11) is 4.76. The normalized spacial score (nSPS) is 10.4. The van der Waals surface area contributed by atoms with Gasteiger partial charge in [0.1, 0.15) is 6.73 Å². The maximum atomic E-state index is 11.8. The Labute approximate surface area is 107 Å². The molecule has 5 heteroatoms. The number of hydrogen-bond donors (Lipinski definition) is 1. The third kappa shape index (κ3) is 4.44. The van der Waals surface area contributed by atoms with E-state index in [0.717, 1.165) is 11.1 Å². The van der Waals surface area contributed by atoms with Gasteiger partial charge in [-0.25, -0.2) is 0 Å². The Hall–Kier alpha value is -1.43. The van der Waals surface area contributed by atoms with Crippen LogP contribution in [0.25, 0.3) is 0 Å². The Morgan fingerprint density at radius 1 is 1.00 bits per heavy atom. The average Bonchev–Trinajstić information content (AvgIpc) is 2.36. The van der Waals surface area contributed by atoms with E-state index in [0.29, 0.717) is 18.8 Å². The van der Waals surface area contributed by atoms with Gasteiger partial charge in [0.15, 0.2) is 0 Å². The lowest BCUT2D eigenvalue weighted by atomic mass is 10.1. The summed E-state index contributed by atoms with van der Waals surface area (Å²) in [6.45, 7) is 1.11. The number of rotatable bonds is 7. The van der Waals surface area contributed by atoms with Gasteiger partial charge in [-0.15, -0.1) is 0 Å². The van der Waals surface area contributed by atoms with Crippen LogP contribution in [-0.2, 0) is 27.4 Å². The first kappa shape index (κ1) is 14.6. The van der Waals surface area contributed by atoms with E-state index in [1.54, 1.807) is 26.4 Å². The van der Waals surface area contributed by atoms with E-state index in [9.17, 15) is 4.79 Å². The van der Waals surface area contributed by atoms with Gasteiger partial charge in [-0.3, -0.25) is 4.79 Å². The van der Waals surface area contributed by atoms with Gasteiger partial charge >= 0.3 is 0 Å². The highest BCUT2D eigenvalue weighted by Gasteiger charge is 2.08. The lowest BCUT2D eigenvalue weighted by Gasteiger charge is -2.09. The molecular formula is C13H19NO4. The van der Waals surface area contributed by atoms with Crippen LogP contribution in [0.2, 0.25) is 0 Å². The second-order valence-corrected chi connectivity index (χ2v) is 3.84. The van der Waals surface area contributed by atoms with Crippen molar-refractivity contribution in [1.29, 1.82) is 0 Å². The third-order valence-corrected chi connectivity index (χ3v) is 2.31. The molecular weight excluding hydrogens is 234 g/mol. The highest BCUT2D eigenvalue weighted by atomic mass is 16.5. The van der Waals surface area contributed by atoms with Crippen molar-refractivity contribution in [2.45, 2.75) is 13.2 Å². The van der Waals surface area contributed by atoms with E-state index in [1.165, 1.54) is 7.11 Å². The van der Waals surface area contributed by atoms with E-state index in [-0.39, 0.29) is 12.6 Å². The Bertz CT molecular complexity index is 368. The predicted octanol–water partition coefficient (Wildman–Crippen LogP) is 1.31. The number of carbonyl (C=O) groups excluding carboxylic acids is 1. The molecule has 1 aromatic carbocycles. The SMILES string of the molecule is COCNC(=O)c1cc(COC)cc(COC)c1. The van der Waals surface area contributed by atoms with Crippen LogP contribution in [-0.4, -0.2) is 34.0 Å². The smallest absolute Gasteiger partial charge is 0.253 e. The van der Waals surface area contributed by atoms with Crippen LogP contribution < -0.4 is 5.32 Å². The Kier molecular flexibility index (Phi) is 6.35. The van der Waals surface area contributed by atoms with Gasteiger partial charge < -0.3 is 19.5 Å². The molecule has 0 atom stereocenters. The molecule has 0 saturated carbocycles. The van der Waals surface area contributed by atoms with Gasteiger partial charge in [-0.05, 0) is 23.3 Å². The monoisotopic (exact) mass is 253 g/mol. The summed E-state index contributed by atoms with van der Waals surface area (Å²) in [6.07, 6.45) is 0. The number of carbonyl (C=O) groups is 1. The fourth-order valence-corrected chi connectivity index (χ4v) is 1.63. The number of hydrogen-bond acceptors (Lipinski definition) is 4. The molecule has 100 valence electrons. The maximum absolute atomic E-state index is 11.8. The van der Waals surface area contributed by atoms with Gasteiger partial charge in [0, 0.05) is 26.9 Å². The van der Waals surface area contributed by atoms with E-state index >= 15 is 0 Å². The van der Waals surface area contributed by atoms with Gasteiger partial charge in [0.25, 0.3) is 5.91 Å². The van der Waals surface area contributed by atoms with Crippen LogP contribution in [0.3, 0.4) is 0 Å². The molecule has 0 aliphatic heterocycles. The van der Waals surface area contributed by atoms with E-state index < -0.39 is 0 Å². The standard InChI is InChI=1S/C13H19NO4/c1-16-7-10-4-11(8-17-2)6-12(5-10)13(15)14-9-18-3/h4-6H,7-9H2,1-3H3,(H,14,15). The summed E-state index contributed by atoms with van der Waals surface area (Å²) in [5.41, 5.74) is 2.46. The highest BCUT2D eigenvalue weighted by Crippen LogP contribution is 2.12. The van der Waals surface area contributed by atoms with Crippen molar-refractivity contribution in [2.75, 3.05) is 28.1 Å². The second kappa shape index (κ2) is 7.81. The lowest BCUT2D eigenvalue weighted by Crippen LogP contribution is -2.25. The lowest BCUT2D eigenvalue weighted by molar-refractivity contribution is 0.0871. The first-order chi connectivity index (χ1) is 8.71. The summed E-state index contributed by atoms with van der Waals surface area (Å²) >= 11 is 0. The van der Waals surface area contributed by atoms with Crippen LogP contribution >= 0.6 is 0 Å². The molecule has 0 unspecified atom stereocenters. The molecule has 1 aromatic rings. The van der Waals surface area contributed by atoms with E-state index in [2.05, 4.69) is 5.32 Å². The second-order valence-electron chi connectivity index (χ2n) is 3.84. The molecule has 0 heterocycles. The Balaban J connectivity index is 2.90. The minimum atomic E-state index is -0.174. The molecule has 0 fully saturated rings. The molecule has 18 heavy (non-hydrogen) atoms. The Morgan fingerprint density at radius 2 is 1.56 bits per heavy atom. The number of methoxy groups -OCH3 is 3. The van der Waals surface area contributed by atoms with Gasteiger partial charge in [0.2, 0.25) is 0 Å². The summed E-state index contributed by atoms with van der Waals surface area (Å²) in [5.74, 6) is -0.174. The van der Waals surface area contributed by atoms with Gasteiger partial charge in [0.05, 0.1) is 13.2 Å². The summed E-state index contributed by atoms with van der Waals surface area (Å²) in [5, 5.41) is 2.64. The van der Waals surface area contributed by atoms with Crippen molar-refractivity contribution in [3.05, 3.63) is 34.9 Å². The highest BCUT2D eigenvalue weighted by molar-refractivity contribution is 5.94. The van der Waals surface area contributed by atoms with Crippen molar-refractivity contribution in [3.63, 3.8) is 0 Å². The molecule has 0 spiro atoms. The zero-order valence-corrected chi connectivity index (χ0v) is 11.0. The molecule has 0 aromatic heterocycles. The number of ether oxygens (including phenoxy) is 3. The van der Waals surface area contributed by atoms with Crippen LogP contribution in [0.15, 0.2) is 18.2 Å². The molecule has 1 N–H and O–H groups in total. The van der Waals surface area contributed by atoms with Crippen molar-refractivity contribution in [1.82, 2.24) is 5.32 Å². The van der Waals surface area contributed by atoms with Crippen molar-refractivity contribution >= 4 is 5.91 Å². The van der Waals surface area contributed by atoms with Crippen molar-refractivity contribution < 1.29 is 19.0 Å². The molecule has 0 saturated heterocycles. The van der Waals surface area contributed by atoms with E-state index in [4.69, 9.17) is 14.2 Å². The average molecular weight is 253 g/mol. The maximum Gasteiger partial charge on any atom is 0.253 e. The zero-order valence-electron chi connectivity index (χ0n) is 11.0. The molecule has 1 amide bonds. The zero-order chi connectivity index (χ0) is 13.4. The number of nitrogens with one attached hydrogen (secondary N) is 1. The summed E-state index contributed by atoms with van der Waals surface area (Å²) < 4.78 is 15.0. The minimum absolute atomic E-state index is 0.174. The molecule has 5 nitrogen and oxygen atoms in total. The first-order valence-corrected chi connectivity index (χ1v) is 5.59. The summed E-state index contributed by atoms with van der Waals surface area (Å²) in [6, 6.07) is 5.56. The quantitative estimate of drug-likeness (QED) is 0.744. The minimum Gasteiger partial charge on any atom is -0.380 e. The Morgan fingerprint density at radius 3 is 2.00 bits per heavy atom. The first-order valence-electron chi connectivity index (χ1n) is 5.59. The van der Waals surface area contributed by atoms with Crippen LogP contribution in [0.1, 0.15) is 21.5 Å². The fraction of sp³-hybridized carbons (Fsp3) is 0.462. The topological polar surface area (TPSA) is 56.8 Å². The largest absolute Gasteiger partial charge is 0.380 e. The van der Waals surface area contributed by atoms with Crippen LogP contribution in [0.5, 0.6) is 0 Å². The third-order valence-electron chi connectivity index (χ3n) is 2.31. The van der Waals surface area contributed by atoms with Gasteiger partial charge in [-0.2, -0.15) is 0 Å². The predicted molar refractivity (Wildman–Crippen MR) is 67.2 cm³/mol. The molecule has 0 radical (unpaired) electrons. The molecule has 1 rings (SSSR count). The number of benzene rings is 1. The van der Waals surface area contributed by atoms with Crippen LogP contribution in [0.4, 0.5) is 0 Å². The van der Waals surface area contributed by atoms with Crippen LogP contribution in [0, 0.1) is 0 Å². The fourth-order valence-electron chi connectivity index (χ4n) is 1.63. The molecule has 0 aliphatic carbocycles. The summed E-state index contributed by atoms with van der Waals surface area (Å²) in [4.78, 5) is 11.8. The number of amides is 1. The molecule has 0 bridgehead atoms. The molecule has 0 aliphatic rings. The van der Waals surface area contributed by atoms with Crippen molar-refractivity contribution in [2.24, 2.45) is 0 Å². The van der Waals surface area contributed by atoms with Crippen molar-refractivity contribution in [3.8, 4) is 0 Å².